The summed E-state index contributed by atoms with van der Waals surface area (Å²) in [6.07, 6.45) is 5.63. The smallest absolute Gasteiger partial charge is 0.136 e. The van der Waals surface area contributed by atoms with Gasteiger partial charge in [-0.25, -0.2) is 15.0 Å². The van der Waals surface area contributed by atoms with E-state index in [1.807, 2.05) is 18.6 Å². The van der Waals surface area contributed by atoms with Crippen molar-refractivity contribution in [3.8, 4) is 0 Å². The molecule has 0 unspecified atom stereocenters. The van der Waals surface area contributed by atoms with E-state index < -0.39 is 0 Å². The second-order valence-corrected chi connectivity index (χ2v) is 7.00. The van der Waals surface area contributed by atoms with Crippen molar-refractivity contribution in [2.45, 2.75) is 46.3 Å². The lowest BCUT2D eigenvalue weighted by Crippen LogP contribution is -2.21. The van der Waals surface area contributed by atoms with Gasteiger partial charge in [-0.15, -0.1) is 0 Å². The molecule has 1 N–H and O–H groups in total. The summed E-state index contributed by atoms with van der Waals surface area (Å²) < 4.78 is 7.30. The zero-order valence-electron chi connectivity index (χ0n) is 14.7. The quantitative estimate of drug-likeness (QED) is 0.850. The molecule has 0 bridgehead atoms. The van der Waals surface area contributed by atoms with Crippen molar-refractivity contribution in [3.63, 3.8) is 0 Å². The first kappa shape index (κ1) is 17.4. The number of imidazole rings is 1. The molecule has 6 heteroatoms. The van der Waals surface area contributed by atoms with E-state index >= 15 is 0 Å². The summed E-state index contributed by atoms with van der Waals surface area (Å²) in [5.41, 5.74) is 0.806. The van der Waals surface area contributed by atoms with Crippen LogP contribution in [0.3, 0.4) is 0 Å². The summed E-state index contributed by atoms with van der Waals surface area (Å²) >= 11 is 0. The molecule has 0 fully saturated rings. The standard InChI is InChI=1S/C17H27N5O/c1-13(10-22-7-6-18-12-22)9-19-15-8-14(11-23-5)20-16(21-15)17(2,3)4/h6-8,12-13H,9-11H2,1-5H3,(H,19,20,21)/t13-/m1/s1. The lowest BCUT2D eigenvalue weighted by atomic mass is 9.95. The molecule has 0 aromatic carbocycles. The molecule has 2 aromatic heterocycles. The Labute approximate surface area is 138 Å². The number of rotatable bonds is 7. The van der Waals surface area contributed by atoms with E-state index in [-0.39, 0.29) is 5.41 Å². The Morgan fingerprint density at radius 3 is 2.70 bits per heavy atom. The number of aromatic nitrogens is 4. The highest BCUT2D eigenvalue weighted by Crippen LogP contribution is 2.21. The van der Waals surface area contributed by atoms with Gasteiger partial charge in [0.15, 0.2) is 0 Å². The summed E-state index contributed by atoms with van der Waals surface area (Å²) in [5, 5.41) is 3.43. The fourth-order valence-electron chi connectivity index (χ4n) is 2.24. The van der Waals surface area contributed by atoms with Gasteiger partial charge in [0.25, 0.3) is 0 Å². The first-order valence-corrected chi connectivity index (χ1v) is 7.95. The van der Waals surface area contributed by atoms with Gasteiger partial charge < -0.3 is 14.6 Å². The van der Waals surface area contributed by atoms with Crippen LogP contribution in [0.4, 0.5) is 5.82 Å². The third-order valence-corrected chi connectivity index (χ3v) is 3.46. The molecule has 0 saturated carbocycles. The molecule has 0 amide bonds. The minimum atomic E-state index is -0.0946. The number of nitrogens with one attached hydrogen (secondary N) is 1. The Bertz CT molecular complexity index is 604. The topological polar surface area (TPSA) is 64.9 Å². The first-order chi connectivity index (χ1) is 10.9. The average Bonchev–Trinajstić information content (AvgIpc) is 2.97. The lowest BCUT2D eigenvalue weighted by molar-refractivity contribution is 0.181. The van der Waals surface area contributed by atoms with Crippen molar-refractivity contribution in [1.82, 2.24) is 19.5 Å². The second kappa shape index (κ2) is 7.55. The highest BCUT2D eigenvalue weighted by molar-refractivity contribution is 5.37. The zero-order chi connectivity index (χ0) is 16.9. The molecule has 0 aliphatic rings. The molecule has 1 atom stereocenters. The molecule has 0 saturated heterocycles. The molecule has 0 spiro atoms. The van der Waals surface area contributed by atoms with Crippen molar-refractivity contribution in [2.75, 3.05) is 19.0 Å². The van der Waals surface area contributed by atoms with Crippen LogP contribution in [0.1, 0.15) is 39.2 Å². The molecule has 23 heavy (non-hydrogen) atoms. The molecule has 2 rings (SSSR count). The summed E-state index contributed by atoms with van der Waals surface area (Å²) in [7, 11) is 1.68. The number of hydrogen-bond acceptors (Lipinski definition) is 5. The van der Waals surface area contributed by atoms with Crippen molar-refractivity contribution in [1.29, 1.82) is 0 Å². The van der Waals surface area contributed by atoms with Gasteiger partial charge in [0.2, 0.25) is 0 Å². The van der Waals surface area contributed by atoms with Crippen molar-refractivity contribution in [3.05, 3.63) is 36.3 Å². The fraction of sp³-hybridized carbons (Fsp3) is 0.588. The number of anilines is 1. The van der Waals surface area contributed by atoms with Gasteiger partial charge in [0.05, 0.1) is 18.6 Å². The van der Waals surface area contributed by atoms with Crippen LogP contribution in [0.25, 0.3) is 0 Å². The highest BCUT2D eigenvalue weighted by Gasteiger charge is 2.19. The van der Waals surface area contributed by atoms with Gasteiger partial charge >= 0.3 is 0 Å². The van der Waals surface area contributed by atoms with Gasteiger partial charge in [0.1, 0.15) is 11.6 Å². The van der Waals surface area contributed by atoms with Crippen LogP contribution in [0.15, 0.2) is 24.8 Å². The Kier molecular flexibility index (Phi) is 5.71. The molecular weight excluding hydrogens is 290 g/mol. The zero-order valence-corrected chi connectivity index (χ0v) is 14.7. The highest BCUT2D eigenvalue weighted by atomic mass is 16.5. The van der Waals surface area contributed by atoms with Crippen molar-refractivity contribution in [2.24, 2.45) is 5.92 Å². The third kappa shape index (κ3) is 5.32. The van der Waals surface area contributed by atoms with Gasteiger partial charge in [0, 0.05) is 44.1 Å². The molecule has 126 valence electrons. The van der Waals surface area contributed by atoms with E-state index in [9.17, 15) is 0 Å². The minimum absolute atomic E-state index is 0.0946. The Morgan fingerprint density at radius 1 is 1.30 bits per heavy atom. The third-order valence-electron chi connectivity index (χ3n) is 3.46. The van der Waals surface area contributed by atoms with Crippen LogP contribution in [-0.4, -0.2) is 33.2 Å². The van der Waals surface area contributed by atoms with Crippen LogP contribution < -0.4 is 5.32 Å². The summed E-state index contributed by atoms with van der Waals surface area (Å²) in [4.78, 5) is 13.3. The summed E-state index contributed by atoms with van der Waals surface area (Å²) in [5.74, 6) is 2.15. The Balaban J connectivity index is 2.04. The Hall–Kier alpha value is -1.95. The van der Waals surface area contributed by atoms with Gasteiger partial charge in [-0.3, -0.25) is 0 Å². The van der Waals surface area contributed by atoms with Gasteiger partial charge in [-0.05, 0) is 5.92 Å². The largest absolute Gasteiger partial charge is 0.378 e. The van der Waals surface area contributed by atoms with E-state index in [1.54, 1.807) is 13.3 Å². The predicted octanol–water partition coefficient (Wildman–Crippen LogP) is 2.87. The molecule has 2 heterocycles. The predicted molar refractivity (Wildman–Crippen MR) is 91.3 cm³/mol. The van der Waals surface area contributed by atoms with E-state index in [1.165, 1.54) is 0 Å². The number of nitrogens with zero attached hydrogens (tertiary/aromatic N) is 4. The minimum Gasteiger partial charge on any atom is -0.378 e. The lowest BCUT2D eigenvalue weighted by Gasteiger charge is -2.20. The normalized spacial score (nSPS) is 13.1. The number of methoxy groups -OCH3 is 1. The van der Waals surface area contributed by atoms with Gasteiger partial charge in [-0.2, -0.15) is 0 Å². The van der Waals surface area contributed by atoms with Crippen molar-refractivity contribution >= 4 is 5.82 Å². The second-order valence-electron chi connectivity index (χ2n) is 7.00. The maximum atomic E-state index is 5.22. The summed E-state index contributed by atoms with van der Waals surface area (Å²) in [6.45, 7) is 10.8. The van der Waals surface area contributed by atoms with Crippen molar-refractivity contribution < 1.29 is 4.74 Å². The van der Waals surface area contributed by atoms with Crippen LogP contribution in [0.2, 0.25) is 0 Å². The molecule has 2 aromatic rings. The average molecular weight is 317 g/mol. The van der Waals surface area contributed by atoms with E-state index in [4.69, 9.17) is 4.74 Å². The fourth-order valence-corrected chi connectivity index (χ4v) is 2.24. The molecule has 0 radical (unpaired) electrons. The maximum absolute atomic E-state index is 5.22. The van der Waals surface area contributed by atoms with Crippen LogP contribution in [0, 0.1) is 5.92 Å². The van der Waals surface area contributed by atoms with Crippen LogP contribution >= 0.6 is 0 Å². The monoisotopic (exact) mass is 317 g/mol. The SMILES string of the molecule is COCc1cc(NC[C@@H](C)Cn2ccnc2)nc(C(C)(C)C)n1. The summed E-state index contributed by atoms with van der Waals surface area (Å²) in [6, 6.07) is 1.96. The maximum Gasteiger partial charge on any atom is 0.136 e. The molecule has 0 aliphatic carbocycles. The molecular formula is C17H27N5O. The van der Waals surface area contributed by atoms with Crippen LogP contribution in [0.5, 0.6) is 0 Å². The van der Waals surface area contributed by atoms with E-state index in [2.05, 4.69) is 52.5 Å². The molecule has 0 aliphatic heterocycles. The van der Waals surface area contributed by atoms with E-state index in [0.29, 0.717) is 12.5 Å². The number of ether oxygens (including phenoxy) is 1. The Morgan fingerprint density at radius 2 is 2.09 bits per heavy atom. The first-order valence-electron chi connectivity index (χ1n) is 7.95. The van der Waals surface area contributed by atoms with Gasteiger partial charge in [-0.1, -0.05) is 27.7 Å². The number of hydrogen-bond donors (Lipinski definition) is 1. The molecule has 6 nitrogen and oxygen atoms in total. The van der Waals surface area contributed by atoms with Crippen LogP contribution in [-0.2, 0) is 23.3 Å². The van der Waals surface area contributed by atoms with E-state index in [0.717, 1.165) is 30.4 Å².